The van der Waals surface area contributed by atoms with Gasteiger partial charge in [0.05, 0.1) is 5.92 Å². The molecule has 112 valence electrons. The Morgan fingerprint density at radius 3 is 2.90 bits per heavy atom. The molecule has 4 heteroatoms. The fourth-order valence-corrected chi connectivity index (χ4v) is 3.22. The summed E-state index contributed by atoms with van der Waals surface area (Å²) in [7, 11) is 0. The number of aryl methyl sites for hydroxylation is 1. The van der Waals surface area contributed by atoms with Crippen molar-refractivity contribution < 1.29 is 4.52 Å². The van der Waals surface area contributed by atoms with Crippen LogP contribution in [0.5, 0.6) is 0 Å². The van der Waals surface area contributed by atoms with Crippen LogP contribution in [0, 0.1) is 5.92 Å². The molecule has 0 saturated carbocycles. The van der Waals surface area contributed by atoms with Crippen LogP contribution in [-0.4, -0.2) is 16.7 Å². The molecule has 2 atom stereocenters. The predicted molar refractivity (Wildman–Crippen MR) is 82.2 cm³/mol. The van der Waals surface area contributed by atoms with E-state index in [1.165, 1.54) is 17.5 Å². The quantitative estimate of drug-likeness (QED) is 0.936. The van der Waals surface area contributed by atoms with E-state index < -0.39 is 0 Å². The first-order chi connectivity index (χ1) is 10.2. The highest BCUT2D eigenvalue weighted by Crippen LogP contribution is 2.35. The molecular formula is C17H23N3O. The Morgan fingerprint density at radius 2 is 2.14 bits per heavy atom. The SMILES string of the molecule is CC(C)C(CN)c1nc(C2CCCc3ccccc32)no1. The Hall–Kier alpha value is -1.68. The molecule has 0 bridgehead atoms. The summed E-state index contributed by atoms with van der Waals surface area (Å²) in [6.07, 6.45) is 3.41. The lowest BCUT2D eigenvalue weighted by Gasteiger charge is -2.22. The summed E-state index contributed by atoms with van der Waals surface area (Å²) < 4.78 is 5.51. The summed E-state index contributed by atoms with van der Waals surface area (Å²) in [4.78, 5) is 4.67. The van der Waals surface area contributed by atoms with Crippen LogP contribution >= 0.6 is 0 Å². The van der Waals surface area contributed by atoms with Gasteiger partial charge in [0.1, 0.15) is 0 Å². The summed E-state index contributed by atoms with van der Waals surface area (Å²) in [5.41, 5.74) is 8.61. The molecule has 0 amide bonds. The first-order valence-electron chi connectivity index (χ1n) is 7.82. The van der Waals surface area contributed by atoms with Gasteiger partial charge in [0, 0.05) is 12.5 Å². The van der Waals surface area contributed by atoms with Crippen LogP contribution in [-0.2, 0) is 6.42 Å². The molecule has 1 aromatic heterocycles. The molecule has 0 fully saturated rings. The second-order valence-electron chi connectivity index (χ2n) is 6.22. The minimum Gasteiger partial charge on any atom is -0.339 e. The van der Waals surface area contributed by atoms with Crippen molar-refractivity contribution in [2.24, 2.45) is 11.7 Å². The Kier molecular flexibility index (Phi) is 4.06. The van der Waals surface area contributed by atoms with Crippen molar-refractivity contribution in [3.8, 4) is 0 Å². The van der Waals surface area contributed by atoms with Gasteiger partial charge in [-0.15, -0.1) is 0 Å². The minimum atomic E-state index is 0.144. The predicted octanol–water partition coefficient (Wildman–Crippen LogP) is 3.24. The van der Waals surface area contributed by atoms with Crippen LogP contribution in [0.4, 0.5) is 0 Å². The third-order valence-electron chi connectivity index (χ3n) is 4.51. The van der Waals surface area contributed by atoms with Gasteiger partial charge in [0.2, 0.25) is 5.89 Å². The van der Waals surface area contributed by atoms with Crippen molar-refractivity contribution >= 4 is 0 Å². The number of benzene rings is 1. The van der Waals surface area contributed by atoms with Crippen LogP contribution in [0.2, 0.25) is 0 Å². The molecule has 1 heterocycles. The number of fused-ring (bicyclic) bond motifs is 1. The molecule has 3 rings (SSSR count). The standard InChI is InChI=1S/C17H23N3O/c1-11(2)15(10-18)17-19-16(20-21-17)14-9-5-7-12-6-3-4-8-13(12)14/h3-4,6,8,11,14-15H,5,7,9-10,18H2,1-2H3. The molecule has 2 N–H and O–H groups in total. The largest absolute Gasteiger partial charge is 0.339 e. The van der Waals surface area contributed by atoms with E-state index in [9.17, 15) is 0 Å². The van der Waals surface area contributed by atoms with Gasteiger partial charge >= 0.3 is 0 Å². The highest BCUT2D eigenvalue weighted by Gasteiger charge is 2.28. The van der Waals surface area contributed by atoms with E-state index in [4.69, 9.17) is 10.3 Å². The van der Waals surface area contributed by atoms with E-state index in [0.717, 1.165) is 18.7 Å². The summed E-state index contributed by atoms with van der Waals surface area (Å²) in [5, 5.41) is 4.25. The fourth-order valence-electron chi connectivity index (χ4n) is 3.22. The van der Waals surface area contributed by atoms with E-state index in [2.05, 4.69) is 48.3 Å². The Labute approximate surface area is 125 Å². The van der Waals surface area contributed by atoms with Crippen LogP contribution < -0.4 is 5.73 Å². The van der Waals surface area contributed by atoms with Crippen LogP contribution in [0.15, 0.2) is 28.8 Å². The van der Waals surface area contributed by atoms with Gasteiger partial charge in [-0.3, -0.25) is 0 Å². The molecule has 2 aromatic rings. The molecule has 1 aliphatic rings. The van der Waals surface area contributed by atoms with Gasteiger partial charge in [0.25, 0.3) is 0 Å². The van der Waals surface area contributed by atoms with Crippen molar-refractivity contribution in [3.63, 3.8) is 0 Å². The lowest BCUT2D eigenvalue weighted by atomic mass is 9.82. The molecular weight excluding hydrogens is 262 g/mol. The van der Waals surface area contributed by atoms with Crippen molar-refractivity contribution in [2.75, 3.05) is 6.54 Å². The molecule has 1 aliphatic carbocycles. The average Bonchev–Trinajstić information content (AvgIpc) is 2.96. The van der Waals surface area contributed by atoms with Crippen molar-refractivity contribution in [1.29, 1.82) is 0 Å². The molecule has 0 aliphatic heterocycles. The zero-order valence-corrected chi connectivity index (χ0v) is 12.7. The molecule has 0 spiro atoms. The summed E-state index contributed by atoms with van der Waals surface area (Å²) >= 11 is 0. The molecule has 0 radical (unpaired) electrons. The van der Waals surface area contributed by atoms with Crippen LogP contribution in [0.1, 0.15) is 61.4 Å². The fraction of sp³-hybridized carbons (Fsp3) is 0.529. The van der Waals surface area contributed by atoms with E-state index in [0.29, 0.717) is 18.4 Å². The number of hydrogen-bond donors (Lipinski definition) is 1. The van der Waals surface area contributed by atoms with Gasteiger partial charge in [-0.25, -0.2) is 0 Å². The summed E-state index contributed by atoms with van der Waals surface area (Å²) in [6, 6.07) is 8.60. The highest BCUT2D eigenvalue weighted by molar-refractivity contribution is 5.36. The van der Waals surface area contributed by atoms with Gasteiger partial charge < -0.3 is 10.3 Å². The van der Waals surface area contributed by atoms with Crippen molar-refractivity contribution in [3.05, 3.63) is 47.1 Å². The lowest BCUT2D eigenvalue weighted by Crippen LogP contribution is -2.18. The van der Waals surface area contributed by atoms with Gasteiger partial charge in [-0.2, -0.15) is 4.98 Å². The number of hydrogen-bond acceptors (Lipinski definition) is 4. The van der Waals surface area contributed by atoms with E-state index in [1.807, 2.05) is 0 Å². The van der Waals surface area contributed by atoms with E-state index in [1.54, 1.807) is 0 Å². The van der Waals surface area contributed by atoms with E-state index in [-0.39, 0.29) is 11.8 Å². The number of nitrogens with two attached hydrogens (primary N) is 1. The van der Waals surface area contributed by atoms with Gasteiger partial charge in [0.15, 0.2) is 5.82 Å². The number of rotatable bonds is 4. The molecule has 4 nitrogen and oxygen atoms in total. The zero-order chi connectivity index (χ0) is 14.8. The Morgan fingerprint density at radius 1 is 1.33 bits per heavy atom. The minimum absolute atomic E-state index is 0.144. The lowest BCUT2D eigenvalue weighted by molar-refractivity contribution is 0.320. The summed E-state index contributed by atoms with van der Waals surface area (Å²) in [5.74, 6) is 2.31. The smallest absolute Gasteiger partial charge is 0.231 e. The first-order valence-corrected chi connectivity index (χ1v) is 7.82. The summed E-state index contributed by atoms with van der Waals surface area (Å²) in [6.45, 7) is 4.81. The molecule has 1 aromatic carbocycles. The maximum Gasteiger partial charge on any atom is 0.231 e. The highest BCUT2D eigenvalue weighted by atomic mass is 16.5. The Balaban J connectivity index is 1.91. The maximum atomic E-state index is 5.84. The van der Waals surface area contributed by atoms with E-state index >= 15 is 0 Å². The second-order valence-corrected chi connectivity index (χ2v) is 6.22. The topological polar surface area (TPSA) is 64.9 Å². The third kappa shape index (κ3) is 2.72. The normalized spacial score (nSPS) is 19.5. The zero-order valence-electron chi connectivity index (χ0n) is 12.7. The third-order valence-corrected chi connectivity index (χ3v) is 4.51. The Bertz CT molecular complexity index is 606. The molecule has 0 saturated heterocycles. The maximum absolute atomic E-state index is 5.84. The van der Waals surface area contributed by atoms with Crippen molar-refractivity contribution in [1.82, 2.24) is 10.1 Å². The second kappa shape index (κ2) is 5.98. The van der Waals surface area contributed by atoms with Crippen LogP contribution in [0.25, 0.3) is 0 Å². The molecule has 2 unspecified atom stereocenters. The average molecular weight is 285 g/mol. The van der Waals surface area contributed by atoms with Crippen molar-refractivity contribution in [2.45, 2.75) is 44.9 Å². The monoisotopic (exact) mass is 285 g/mol. The first kappa shape index (κ1) is 14.3. The van der Waals surface area contributed by atoms with Gasteiger partial charge in [-0.05, 0) is 36.3 Å². The molecule has 21 heavy (non-hydrogen) atoms. The number of aromatic nitrogens is 2. The number of nitrogens with zero attached hydrogens (tertiary/aromatic N) is 2. The van der Waals surface area contributed by atoms with Crippen LogP contribution in [0.3, 0.4) is 0 Å². The van der Waals surface area contributed by atoms with Gasteiger partial charge in [-0.1, -0.05) is 43.3 Å².